The van der Waals surface area contributed by atoms with E-state index in [0.29, 0.717) is 12.0 Å². The molecule has 0 aromatic carbocycles. The van der Waals surface area contributed by atoms with Crippen LogP contribution in [0.4, 0.5) is 0 Å². The quantitative estimate of drug-likeness (QED) is 0.744. The van der Waals surface area contributed by atoms with Gasteiger partial charge < -0.3 is 15.3 Å². The summed E-state index contributed by atoms with van der Waals surface area (Å²) < 4.78 is 0. The topological polar surface area (TPSA) is 35.5 Å². The van der Waals surface area contributed by atoms with E-state index in [9.17, 15) is 5.11 Å². The van der Waals surface area contributed by atoms with Crippen LogP contribution in [0.15, 0.2) is 0 Å². The molecule has 1 heterocycles. The van der Waals surface area contributed by atoms with Crippen LogP contribution in [-0.4, -0.2) is 48.3 Å². The molecule has 0 bridgehead atoms. The predicted octanol–water partition coefficient (Wildman–Crippen LogP) is 1.71. The first-order valence-corrected chi connectivity index (χ1v) is 7.00. The van der Waals surface area contributed by atoms with Gasteiger partial charge in [-0.05, 0) is 44.7 Å². The third-order valence-corrected chi connectivity index (χ3v) is 4.30. The van der Waals surface area contributed by atoms with Gasteiger partial charge in [0.05, 0.1) is 6.10 Å². The standard InChI is InChI=1S/C14H30N2O/c1-6-15-12(3)14(4,5)10-16-8-7-13(9-16)11(2)17/h11-13,15,17H,6-10H2,1-5H3. The van der Waals surface area contributed by atoms with E-state index in [0.717, 1.165) is 32.6 Å². The van der Waals surface area contributed by atoms with Crippen molar-refractivity contribution in [1.82, 2.24) is 10.2 Å². The van der Waals surface area contributed by atoms with Crippen LogP contribution in [0.5, 0.6) is 0 Å². The average molecular weight is 242 g/mol. The molecule has 0 aromatic heterocycles. The van der Waals surface area contributed by atoms with Gasteiger partial charge in [-0.25, -0.2) is 0 Å². The molecule has 2 N–H and O–H groups in total. The lowest BCUT2D eigenvalue weighted by Crippen LogP contribution is -2.46. The minimum atomic E-state index is -0.158. The SMILES string of the molecule is CCNC(C)C(C)(C)CN1CCC(C(C)O)C1. The summed E-state index contributed by atoms with van der Waals surface area (Å²) in [5, 5.41) is 13.1. The number of nitrogens with zero attached hydrogens (tertiary/aromatic N) is 1. The van der Waals surface area contributed by atoms with E-state index in [2.05, 4.69) is 37.9 Å². The first kappa shape index (κ1) is 14.9. The molecule has 3 nitrogen and oxygen atoms in total. The molecule has 1 fully saturated rings. The molecule has 3 heteroatoms. The van der Waals surface area contributed by atoms with Gasteiger partial charge in [0.25, 0.3) is 0 Å². The lowest BCUT2D eigenvalue weighted by molar-refractivity contribution is 0.115. The van der Waals surface area contributed by atoms with E-state index in [1.165, 1.54) is 0 Å². The second-order valence-corrected chi connectivity index (χ2v) is 6.29. The third-order valence-electron chi connectivity index (χ3n) is 4.30. The monoisotopic (exact) mass is 242 g/mol. The smallest absolute Gasteiger partial charge is 0.0552 e. The lowest BCUT2D eigenvalue weighted by Gasteiger charge is -2.36. The summed E-state index contributed by atoms with van der Waals surface area (Å²) in [6.07, 6.45) is 0.984. The molecule has 0 saturated carbocycles. The number of rotatable bonds is 6. The van der Waals surface area contributed by atoms with E-state index < -0.39 is 0 Å². The fraction of sp³-hybridized carbons (Fsp3) is 1.00. The average Bonchev–Trinajstić information content (AvgIpc) is 2.66. The normalized spacial score (nSPS) is 26.1. The van der Waals surface area contributed by atoms with Crippen molar-refractivity contribution in [3.05, 3.63) is 0 Å². The van der Waals surface area contributed by atoms with Gasteiger partial charge in [0, 0.05) is 19.1 Å². The van der Waals surface area contributed by atoms with Crippen LogP contribution in [0.2, 0.25) is 0 Å². The van der Waals surface area contributed by atoms with Crippen LogP contribution < -0.4 is 5.32 Å². The Morgan fingerprint density at radius 1 is 1.41 bits per heavy atom. The Bertz CT molecular complexity index is 228. The maximum Gasteiger partial charge on any atom is 0.0552 e. The van der Waals surface area contributed by atoms with Gasteiger partial charge in [0.15, 0.2) is 0 Å². The number of likely N-dealkylation sites (tertiary alicyclic amines) is 1. The van der Waals surface area contributed by atoms with Crippen LogP contribution in [0.25, 0.3) is 0 Å². The number of nitrogens with one attached hydrogen (secondary N) is 1. The molecule has 0 spiro atoms. The zero-order chi connectivity index (χ0) is 13.1. The Labute approximate surface area is 107 Å². The number of hydrogen-bond donors (Lipinski definition) is 2. The Hall–Kier alpha value is -0.120. The Kier molecular flexibility index (Phi) is 5.42. The van der Waals surface area contributed by atoms with Gasteiger partial charge in [-0.3, -0.25) is 0 Å². The van der Waals surface area contributed by atoms with Crippen molar-refractivity contribution in [3.63, 3.8) is 0 Å². The van der Waals surface area contributed by atoms with Gasteiger partial charge in [0.2, 0.25) is 0 Å². The highest BCUT2D eigenvalue weighted by molar-refractivity contribution is 4.87. The molecule has 1 saturated heterocycles. The van der Waals surface area contributed by atoms with E-state index in [1.54, 1.807) is 0 Å². The predicted molar refractivity (Wildman–Crippen MR) is 73.1 cm³/mol. The highest BCUT2D eigenvalue weighted by atomic mass is 16.3. The number of aliphatic hydroxyl groups is 1. The lowest BCUT2D eigenvalue weighted by atomic mass is 9.84. The zero-order valence-corrected chi connectivity index (χ0v) is 12.2. The molecule has 1 rings (SSSR count). The Morgan fingerprint density at radius 3 is 2.53 bits per heavy atom. The molecular weight excluding hydrogens is 212 g/mol. The molecule has 1 aliphatic rings. The van der Waals surface area contributed by atoms with Crippen LogP contribution in [0, 0.1) is 11.3 Å². The van der Waals surface area contributed by atoms with Crippen molar-refractivity contribution in [3.8, 4) is 0 Å². The first-order chi connectivity index (χ1) is 7.86. The van der Waals surface area contributed by atoms with Gasteiger partial charge in [-0.1, -0.05) is 20.8 Å². The van der Waals surface area contributed by atoms with Crippen LogP contribution in [-0.2, 0) is 0 Å². The minimum absolute atomic E-state index is 0.158. The zero-order valence-electron chi connectivity index (χ0n) is 12.2. The molecule has 0 aromatic rings. The summed E-state index contributed by atoms with van der Waals surface area (Å²) in [6.45, 7) is 15.3. The molecule has 17 heavy (non-hydrogen) atoms. The van der Waals surface area contributed by atoms with Crippen molar-refractivity contribution < 1.29 is 5.11 Å². The summed E-state index contributed by atoms with van der Waals surface area (Å²) in [5.74, 6) is 0.472. The molecule has 0 radical (unpaired) electrons. The summed E-state index contributed by atoms with van der Waals surface area (Å²) in [4.78, 5) is 2.51. The van der Waals surface area contributed by atoms with E-state index in [1.807, 2.05) is 6.92 Å². The van der Waals surface area contributed by atoms with E-state index in [4.69, 9.17) is 0 Å². The highest BCUT2D eigenvalue weighted by Gasteiger charge is 2.32. The fourth-order valence-corrected chi connectivity index (χ4v) is 2.70. The van der Waals surface area contributed by atoms with E-state index in [-0.39, 0.29) is 11.5 Å². The van der Waals surface area contributed by atoms with Crippen LogP contribution in [0.3, 0.4) is 0 Å². The number of hydrogen-bond acceptors (Lipinski definition) is 3. The molecule has 0 aliphatic carbocycles. The number of aliphatic hydroxyl groups excluding tert-OH is 1. The molecule has 1 aliphatic heterocycles. The molecule has 102 valence electrons. The van der Waals surface area contributed by atoms with Crippen LogP contribution >= 0.6 is 0 Å². The minimum Gasteiger partial charge on any atom is -0.393 e. The van der Waals surface area contributed by atoms with Crippen LogP contribution in [0.1, 0.15) is 41.0 Å². The fourth-order valence-electron chi connectivity index (χ4n) is 2.70. The second kappa shape index (κ2) is 6.17. The molecule has 3 unspecified atom stereocenters. The van der Waals surface area contributed by atoms with Gasteiger partial charge in [-0.15, -0.1) is 0 Å². The molecular formula is C14H30N2O. The van der Waals surface area contributed by atoms with Crippen molar-refractivity contribution in [2.24, 2.45) is 11.3 Å². The third kappa shape index (κ3) is 4.23. The Morgan fingerprint density at radius 2 is 2.06 bits per heavy atom. The molecule has 3 atom stereocenters. The maximum atomic E-state index is 9.62. The van der Waals surface area contributed by atoms with E-state index >= 15 is 0 Å². The van der Waals surface area contributed by atoms with Crippen molar-refractivity contribution >= 4 is 0 Å². The molecule has 0 amide bonds. The summed E-state index contributed by atoms with van der Waals surface area (Å²) in [5.41, 5.74) is 0.281. The van der Waals surface area contributed by atoms with Crippen molar-refractivity contribution in [1.29, 1.82) is 0 Å². The second-order valence-electron chi connectivity index (χ2n) is 6.29. The summed E-state index contributed by atoms with van der Waals surface area (Å²) in [7, 11) is 0. The first-order valence-electron chi connectivity index (χ1n) is 7.00. The summed E-state index contributed by atoms with van der Waals surface area (Å²) in [6, 6.07) is 0.526. The van der Waals surface area contributed by atoms with Gasteiger partial charge >= 0.3 is 0 Å². The maximum absolute atomic E-state index is 9.62. The van der Waals surface area contributed by atoms with Crippen molar-refractivity contribution in [2.75, 3.05) is 26.2 Å². The van der Waals surface area contributed by atoms with Crippen molar-refractivity contribution in [2.45, 2.75) is 53.2 Å². The van der Waals surface area contributed by atoms with Gasteiger partial charge in [-0.2, -0.15) is 0 Å². The Balaban J connectivity index is 2.43. The highest BCUT2D eigenvalue weighted by Crippen LogP contribution is 2.27. The largest absolute Gasteiger partial charge is 0.393 e. The summed E-state index contributed by atoms with van der Waals surface area (Å²) >= 11 is 0. The van der Waals surface area contributed by atoms with Gasteiger partial charge in [0.1, 0.15) is 0 Å².